The molecule has 1 unspecified atom stereocenters. The van der Waals surface area contributed by atoms with Crippen molar-refractivity contribution in [3.63, 3.8) is 0 Å². The molecule has 0 fully saturated rings. The van der Waals surface area contributed by atoms with Crippen LogP contribution in [0.2, 0.25) is 0 Å². The Labute approximate surface area is 88.4 Å². The second-order valence-corrected chi connectivity index (χ2v) is 4.87. The van der Waals surface area contributed by atoms with E-state index in [1.54, 1.807) is 11.3 Å². The van der Waals surface area contributed by atoms with Gasteiger partial charge in [0.25, 0.3) is 0 Å². The first-order valence-electron chi connectivity index (χ1n) is 4.69. The minimum Gasteiger partial charge on any atom is -0.394 e. The van der Waals surface area contributed by atoms with Crippen LogP contribution in [0.25, 0.3) is 0 Å². The molecule has 0 aliphatic heterocycles. The number of thiophene rings is 1. The zero-order valence-corrected chi connectivity index (χ0v) is 9.40. The van der Waals surface area contributed by atoms with E-state index in [1.165, 1.54) is 15.3 Å². The molecule has 0 radical (unpaired) electrons. The Balaban J connectivity index is 2.34. The quantitative estimate of drug-likeness (QED) is 0.681. The van der Waals surface area contributed by atoms with Gasteiger partial charge in [-0.1, -0.05) is 0 Å². The molecule has 3 nitrogen and oxygen atoms in total. The molecule has 1 rings (SSSR count). The lowest BCUT2D eigenvalue weighted by Crippen LogP contribution is -2.28. The third-order valence-electron chi connectivity index (χ3n) is 2.05. The molecule has 0 saturated heterocycles. The molecule has 1 aromatic rings. The first kappa shape index (κ1) is 11.7. The average molecular weight is 215 g/mol. The number of aliphatic hydroxyl groups is 2. The highest BCUT2D eigenvalue weighted by Gasteiger charge is 2.04. The van der Waals surface area contributed by atoms with E-state index < -0.39 is 6.10 Å². The van der Waals surface area contributed by atoms with E-state index in [-0.39, 0.29) is 6.61 Å². The predicted molar refractivity (Wildman–Crippen MR) is 58.6 cm³/mol. The van der Waals surface area contributed by atoms with E-state index in [1.807, 2.05) is 0 Å². The molecule has 4 heteroatoms. The zero-order valence-electron chi connectivity index (χ0n) is 8.58. The lowest BCUT2D eigenvalue weighted by Gasteiger charge is -2.08. The van der Waals surface area contributed by atoms with Crippen LogP contribution in [-0.2, 0) is 6.54 Å². The summed E-state index contributed by atoms with van der Waals surface area (Å²) in [7, 11) is 0. The van der Waals surface area contributed by atoms with Gasteiger partial charge in [0, 0.05) is 22.8 Å². The number of hydrogen-bond donors (Lipinski definition) is 3. The van der Waals surface area contributed by atoms with Crippen molar-refractivity contribution in [2.24, 2.45) is 0 Å². The van der Waals surface area contributed by atoms with Crippen molar-refractivity contribution in [2.75, 3.05) is 13.2 Å². The summed E-state index contributed by atoms with van der Waals surface area (Å²) in [6.45, 7) is 5.19. The summed E-state index contributed by atoms with van der Waals surface area (Å²) in [5.74, 6) is 0. The highest BCUT2D eigenvalue weighted by atomic mass is 32.1. The molecule has 0 saturated carbocycles. The van der Waals surface area contributed by atoms with Crippen LogP contribution in [0.15, 0.2) is 6.07 Å². The van der Waals surface area contributed by atoms with Gasteiger partial charge in [-0.2, -0.15) is 0 Å². The largest absolute Gasteiger partial charge is 0.394 e. The second-order valence-electron chi connectivity index (χ2n) is 3.41. The van der Waals surface area contributed by atoms with Crippen molar-refractivity contribution >= 4 is 11.3 Å². The highest BCUT2D eigenvalue weighted by molar-refractivity contribution is 7.12. The molecular formula is C10H17NO2S. The zero-order chi connectivity index (χ0) is 10.6. The SMILES string of the molecule is Cc1cc(CNCC(O)CO)c(C)s1. The summed E-state index contributed by atoms with van der Waals surface area (Å²) in [5, 5.41) is 20.8. The summed E-state index contributed by atoms with van der Waals surface area (Å²) in [4.78, 5) is 2.62. The van der Waals surface area contributed by atoms with Crippen molar-refractivity contribution in [2.45, 2.75) is 26.5 Å². The number of rotatable bonds is 5. The van der Waals surface area contributed by atoms with Gasteiger partial charge >= 0.3 is 0 Å². The van der Waals surface area contributed by atoms with Crippen LogP contribution in [0.5, 0.6) is 0 Å². The van der Waals surface area contributed by atoms with Crippen LogP contribution in [0.3, 0.4) is 0 Å². The fourth-order valence-corrected chi connectivity index (χ4v) is 2.24. The second kappa shape index (κ2) is 5.46. The maximum absolute atomic E-state index is 9.10. The van der Waals surface area contributed by atoms with Crippen LogP contribution in [0, 0.1) is 13.8 Å². The topological polar surface area (TPSA) is 52.5 Å². The maximum atomic E-state index is 9.10. The van der Waals surface area contributed by atoms with Gasteiger partial charge in [0.05, 0.1) is 12.7 Å². The number of aliphatic hydroxyl groups excluding tert-OH is 2. The highest BCUT2D eigenvalue weighted by Crippen LogP contribution is 2.19. The van der Waals surface area contributed by atoms with E-state index in [4.69, 9.17) is 10.2 Å². The normalized spacial score (nSPS) is 13.1. The Bertz CT molecular complexity index is 286. The minimum atomic E-state index is -0.657. The molecule has 80 valence electrons. The summed E-state index contributed by atoms with van der Waals surface area (Å²) in [6, 6.07) is 2.15. The molecule has 14 heavy (non-hydrogen) atoms. The minimum absolute atomic E-state index is 0.186. The van der Waals surface area contributed by atoms with Gasteiger partial charge in [-0.3, -0.25) is 0 Å². The molecular weight excluding hydrogens is 198 g/mol. The predicted octanol–water partition coefficient (Wildman–Crippen LogP) is 0.808. The van der Waals surface area contributed by atoms with E-state index in [2.05, 4.69) is 25.2 Å². The Morgan fingerprint density at radius 1 is 1.50 bits per heavy atom. The van der Waals surface area contributed by atoms with E-state index in [0.29, 0.717) is 6.54 Å². The van der Waals surface area contributed by atoms with Crippen molar-refractivity contribution in [3.05, 3.63) is 21.4 Å². The fourth-order valence-electron chi connectivity index (χ4n) is 1.30. The summed E-state index contributed by atoms with van der Waals surface area (Å²) in [6.07, 6.45) is -0.657. The van der Waals surface area contributed by atoms with E-state index in [0.717, 1.165) is 6.54 Å². The Morgan fingerprint density at radius 3 is 2.71 bits per heavy atom. The van der Waals surface area contributed by atoms with Crippen LogP contribution in [0.1, 0.15) is 15.3 Å². The van der Waals surface area contributed by atoms with Crippen LogP contribution in [0.4, 0.5) is 0 Å². The molecule has 0 amide bonds. The lowest BCUT2D eigenvalue weighted by atomic mass is 10.2. The molecule has 0 aliphatic rings. The lowest BCUT2D eigenvalue weighted by molar-refractivity contribution is 0.0942. The molecule has 0 spiro atoms. The smallest absolute Gasteiger partial charge is 0.0895 e. The van der Waals surface area contributed by atoms with Gasteiger partial charge in [-0.15, -0.1) is 11.3 Å². The number of nitrogens with one attached hydrogen (secondary N) is 1. The standard InChI is InChI=1S/C10H17NO2S/c1-7-3-9(8(2)14-7)4-11-5-10(13)6-12/h3,10-13H,4-6H2,1-2H3. The summed E-state index contributed by atoms with van der Waals surface area (Å²) < 4.78 is 0. The third kappa shape index (κ3) is 3.38. The van der Waals surface area contributed by atoms with Crippen LogP contribution in [-0.4, -0.2) is 29.5 Å². The van der Waals surface area contributed by atoms with Gasteiger partial charge in [0.1, 0.15) is 0 Å². The fraction of sp³-hybridized carbons (Fsp3) is 0.600. The Hall–Kier alpha value is -0.420. The van der Waals surface area contributed by atoms with Gasteiger partial charge < -0.3 is 15.5 Å². The Morgan fingerprint density at radius 2 is 2.21 bits per heavy atom. The van der Waals surface area contributed by atoms with Gasteiger partial charge in [-0.25, -0.2) is 0 Å². The molecule has 0 aliphatic carbocycles. The van der Waals surface area contributed by atoms with Gasteiger partial charge in [0.15, 0.2) is 0 Å². The molecule has 0 bridgehead atoms. The number of hydrogen-bond acceptors (Lipinski definition) is 4. The monoisotopic (exact) mass is 215 g/mol. The van der Waals surface area contributed by atoms with E-state index >= 15 is 0 Å². The third-order valence-corrected chi connectivity index (χ3v) is 3.06. The first-order chi connectivity index (χ1) is 6.63. The van der Waals surface area contributed by atoms with Crippen LogP contribution >= 0.6 is 11.3 Å². The van der Waals surface area contributed by atoms with Crippen molar-refractivity contribution in [3.8, 4) is 0 Å². The van der Waals surface area contributed by atoms with E-state index in [9.17, 15) is 0 Å². The van der Waals surface area contributed by atoms with Crippen LogP contribution < -0.4 is 5.32 Å². The molecule has 1 aromatic heterocycles. The molecule has 0 aromatic carbocycles. The van der Waals surface area contributed by atoms with Gasteiger partial charge in [-0.05, 0) is 25.5 Å². The van der Waals surface area contributed by atoms with Gasteiger partial charge in [0.2, 0.25) is 0 Å². The summed E-state index contributed by atoms with van der Waals surface area (Å²) >= 11 is 1.78. The molecule has 1 heterocycles. The molecule has 3 N–H and O–H groups in total. The van der Waals surface area contributed by atoms with Crippen molar-refractivity contribution in [1.82, 2.24) is 5.32 Å². The first-order valence-corrected chi connectivity index (χ1v) is 5.50. The molecule has 1 atom stereocenters. The average Bonchev–Trinajstić information content (AvgIpc) is 2.45. The van der Waals surface area contributed by atoms with Crippen molar-refractivity contribution < 1.29 is 10.2 Å². The van der Waals surface area contributed by atoms with Crippen molar-refractivity contribution in [1.29, 1.82) is 0 Å². The Kier molecular flexibility index (Phi) is 4.54. The number of aryl methyl sites for hydroxylation is 2. The summed E-state index contributed by atoms with van der Waals surface area (Å²) in [5.41, 5.74) is 1.28. The maximum Gasteiger partial charge on any atom is 0.0895 e.